The molecule has 0 spiro atoms. The lowest BCUT2D eigenvalue weighted by molar-refractivity contribution is -0.121. The number of carbonyl (C=O) groups excluding carboxylic acids is 1. The lowest BCUT2D eigenvalue weighted by atomic mass is 10.2. The molecule has 122 valence electrons. The molecule has 0 aliphatic carbocycles. The van der Waals surface area contributed by atoms with Crippen LogP contribution in [-0.4, -0.2) is 28.4 Å². The zero-order valence-corrected chi connectivity index (χ0v) is 14.8. The van der Waals surface area contributed by atoms with Crippen molar-refractivity contribution in [3.05, 3.63) is 46.2 Å². The summed E-state index contributed by atoms with van der Waals surface area (Å²) in [6.07, 6.45) is 4.63. The minimum Gasteiger partial charge on any atom is -0.385 e. The van der Waals surface area contributed by atoms with E-state index in [4.69, 9.17) is 0 Å². The number of amides is 1. The van der Waals surface area contributed by atoms with E-state index in [1.807, 2.05) is 44.4 Å². The Morgan fingerprint density at radius 1 is 1.39 bits per heavy atom. The summed E-state index contributed by atoms with van der Waals surface area (Å²) in [6, 6.07) is 7.93. The first kappa shape index (κ1) is 17.2. The number of benzene rings is 1. The number of nitrogens with one attached hydrogen (secondary N) is 2. The molecule has 1 aromatic heterocycles. The Labute approximate surface area is 144 Å². The van der Waals surface area contributed by atoms with Gasteiger partial charge in [-0.15, -0.1) is 0 Å². The highest BCUT2D eigenvalue weighted by Crippen LogP contribution is 2.13. The molecule has 2 N–H and O–H groups in total. The van der Waals surface area contributed by atoms with Gasteiger partial charge in [0.15, 0.2) is 0 Å². The number of hydrogen-bond donors (Lipinski definition) is 2. The summed E-state index contributed by atoms with van der Waals surface area (Å²) in [5.74, 6) is -0.0969. The minimum atomic E-state index is -0.0969. The average molecular weight is 378 g/mol. The van der Waals surface area contributed by atoms with Crippen LogP contribution in [0.4, 0.5) is 5.69 Å². The van der Waals surface area contributed by atoms with Crippen LogP contribution in [0.1, 0.15) is 24.1 Å². The third kappa shape index (κ3) is 5.86. The quantitative estimate of drug-likeness (QED) is 0.442. The fourth-order valence-electron chi connectivity index (χ4n) is 2.02. The van der Waals surface area contributed by atoms with Crippen LogP contribution in [0.3, 0.4) is 0 Å². The molecule has 23 heavy (non-hydrogen) atoms. The molecular weight excluding hydrogens is 358 g/mol. The molecule has 0 unspecified atom stereocenters. The van der Waals surface area contributed by atoms with Crippen LogP contribution in [0.15, 0.2) is 40.0 Å². The molecule has 0 saturated heterocycles. The second kappa shape index (κ2) is 8.47. The Hall–Kier alpha value is -2.15. The molecule has 6 nitrogen and oxygen atoms in total. The number of anilines is 1. The molecule has 7 heteroatoms. The maximum absolute atomic E-state index is 11.7. The van der Waals surface area contributed by atoms with Crippen LogP contribution in [0.2, 0.25) is 0 Å². The van der Waals surface area contributed by atoms with Crippen molar-refractivity contribution in [2.24, 2.45) is 12.1 Å². The van der Waals surface area contributed by atoms with E-state index in [9.17, 15) is 4.79 Å². The Balaban J connectivity index is 1.65. The predicted octanol–water partition coefficient (Wildman–Crippen LogP) is 2.83. The standard InChI is InChI=1S/C16H20BrN5O/c1-12-13(11-22(2)21-12)10-19-20-16(23)4-3-9-18-15-7-5-14(17)6-8-15/h5-8,10-11,18H,3-4,9H2,1-2H3,(H,20,23)/b19-10+. The van der Waals surface area contributed by atoms with Crippen molar-refractivity contribution >= 4 is 33.7 Å². The first-order valence-corrected chi connectivity index (χ1v) is 8.15. The first-order valence-electron chi connectivity index (χ1n) is 7.36. The van der Waals surface area contributed by atoms with E-state index in [-0.39, 0.29) is 5.91 Å². The summed E-state index contributed by atoms with van der Waals surface area (Å²) in [5.41, 5.74) is 5.35. The summed E-state index contributed by atoms with van der Waals surface area (Å²) in [6.45, 7) is 2.64. The number of carbonyl (C=O) groups is 1. The topological polar surface area (TPSA) is 71.3 Å². The van der Waals surface area contributed by atoms with Crippen LogP contribution >= 0.6 is 15.9 Å². The van der Waals surface area contributed by atoms with Crippen molar-refractivity contribution in [2.45, 2.75) is 19.8 Å². The van der Waals surface area contributed by atoms with Gasteiger partial charge in [-0.2, -0.15) is 10.2 Å². The number of hydrazone groups is 1. The van der Waals surface area contributed by atoms with Gasteiger partial charge in [0.25, 0.3) is 0 Å². The molecule has 1 amide bonds. The molecule has 0 fully saturated rings. The SMILES string of the molecule is Cc1nn(C)cc1/C=N/NC(=O)CCCNc1ccc(Br)cc1. The lowest BCUT2D eigenvalue weighted by Gasteiger charge is -2.05. The van der Waals surface area contributed by atoms with E-state index in [1.54, 1.807) is 10.9 Å². The molecule has 2 rings (SSSR count). The van der Waals surface area contributed by atoms with Gasteiger partial charge in [-0.05, 0) is 37.6 Å². The Kier molecular flexibility index (Phi) is 6.34. The Morgan fingerprint density at radius 3 is 2.78 bits per heavy atom. The summed E-state index contributed by atoms with van der Waals surface area (Å²) >= 11 is 3.39. The van der Waals surface area contributed by atoms with Gasteiger partial charge in [0.2, 0.25) is 5.91 Å². The molecule has 1 heterocycles. The summed E-state index contributed by atoms with van der Waals surface area (Å²) < 4.78 is 2.76. The van der Waals surface area contributed by atoms with Gasteiger partial charge >= 0.3 is 0 Å². The molecule has 0 aliphatic rings. The normalized spacial score (nSPS) is 10.9. The third-order valence-electron chi connectivity index (χ3n) is 3.20. The maximum Gasteiger partial charge on any atom is 0.240 e. The smallest absolute Gasteiger partial charge is 0.240 e. The van der Waals surface area contributed by atoms with Gasteiger partial charge in [0.1, 0.15) is 0 Å². The van der Waals surface area contributed by atoms with E-state index in [2.05, 4.69) is 36.9 Å². The average Bonchev–Trinajstić information content (AvgIpc) is 2.83. The van der Waals surface area contributed by atoms with E-state index >= 15 is 0 Å². The van der Waals surface area contributed by atoms with Crippen molar-refractivity contribution in [1.82, 2.24) is 15.2 Å². The monoisotopic (exact) mass is 377 g/mol. The molecule has 0 saturated carbocycles. The van der Waals surface area contributed by atoms with Crippen molar-refractivity contribution < 1.29 is 4.79 Å². The minimum absolute atomic E-state index is 0.0969. The number of halogens is 1. The fourth-order valence-corrected chi connectivity index (χ4v) is 2.29. The Bertz CT molecular complexity index is 678. The molecule has 2 aromatic rings. The summed E-state index contributed by atoms with van der Waals surface area (Å²) in [5, 5.41) is 11.4. The number of nitrogens with zero attached hydrogens (tertiary/aromatic N) is 3. The van der Waals surface area contributed by atoms with Gasteiger partial charge in [0, 0.05) is 41.9 Å². The predicted molar refractivity (Wildman–Crippen MR) is 95.5 cm³/mol. The van der Waals surface area contributed by atoms with Crippen LogP contribution < -0.4 is 10.7 Å². The number of hydrogen-bond acceptors (Lipinski definition) is 4. The highest BCUT2D eigenvalue weighted by molar-refractivity contribution is 9.10. The molecule has 0 aliphatic heterocycles. The van der Waals surface area contributed by atoms with E-state index in [0.717, 1.165) is 34.4 Å². The van der Waals surface area contributed by atoms with Crippen molar-refractivity contribution in [1.29, 1.82) is 0 Å². The molecule has 0 atom stereocenters. The van der Waals surface area contributed by atoms with Crippen molar-refractivity contribution in [3.63, 3.8) is 0 Å². The zero-order valence-electron chi connectivity index (χ0n) is 13.2. The fraction of sp³-hybridized carbons (Fsp3) is 0.312. The molecule has 0 radical (unpaired) electrons. The largest absolute Gasteiger partial charge is 0.385 e. The molecule has 1 aromatic carbocycles. The van der Waals surface area contributed by atoms with Crippen LogP contribution in [-0.2, 0) is 11.8 Å². The second-order valence-corrected chi connectivity index (χ2v) is 6.09. The van der Waals surface area contributed by atoms with E-state index < -0.39 is 0 Å². The highest BCUT2D eigenvalue weighted by Gasteiger charge is 2.01. The van der Waals surface area contributed by atoms with Gasteiger partial charge < -0.3 is 5.32 Å². The second-order valence-electron chi connectivity index (χ2n) is 5.17. The lowest BCUT2D eigenvalue weighted by Crippen LogP contribution is -2.18. The Morgan fingerprint density at radius 2 is 2.13 bits per heavy atom. The van der Waals surface area contributed by atoms with Crippen molar-refractivity contribution in [3.8, 4) is 0 Å². The third-order valence-corrected chi connectivity index (χ3v) is 3.73. The van der Waals surface area contributed by atoms with Gasteiger partial charge in [-0.1, -0.05) is 15.9 Å². The number of aryl methyl sites for hydroxylation is 2. The molecular formula is C16H20BrN5O. The van der Waals surface area contributed by atoms with Gasteiger partial charge in [0.05, 0.1) is 11.9 Å². The number of rotatable bonds is 7. The van der Waals surface area contributed by atoms with Crippen LogP contribution in [0.25, 0.3) is 0 Å². The summed E-state index contributed by atoms with van der Waals surface area (Å²) in [7, 11) is 1.85. The van der Waals surface area contributed by atoms with Gasteiger partial charge in [-0.3, -0.25) is 9.48 Å². The summed E-state index contributed by atoms with van der Waals surface area (Å²) in [4.78, 5) is 11.7. The van der Waals surface area contributed by atoms with Gasteiger partial charge in [-0.25, -0.2) is 5.43 Å². The zero-order chi connectivity index (χ0) is 16.7. The molecule has 0 bridgehead atoms. The van der Waals surface area contributed by atoms with Crippen LogP contribution in [0.5, 0.6) is 0 Å². The van der Waals surface area contributed by atoms with E-state index in [1.165, 1.54) is 0 Å². The first-order chi connectivity index (χ1) is 11.0. The van der Waals surface area contributed by atoms with Crippen molar-refractivity contribution in [2.75, 3.05) is 11.9 Å². The maximum atomic E-state index is 11.7. The van der Waals surface area contributed by atoms with Crippen LogP contribution in [0, 0.1) is 6.92 Å². The highest BCUT2D eigenvalue weighted by atomic mass is 79.9. The number of aromatic nitrogens is 2. The van der Waals surface area contributed by atoms with E-state index in [0.29, 0.717) is 6.42 Å².